The van der Waals surface area contributed by atoms with Crippen LogP contribution in [0.5, 0.6) is 0 Å². The van der Waals surface area contributed by atoms with Gasteiger partial charge in [-0.1, -0.05) is 15.9 Å². The van der Waals surface area contributed by atoms with E-state index in [1.54, 1.807) is 17.7 Å². The molecule has 0 bridgehead atoms. The fourth-order valence-electron chi connectivity index (χ4n) is 2.05. The van der Waals surface area contributed by atoms with Crippen molar-refractivity contribution in [3.05, 3.63) is 38.9 Å². The topological polar surface area (TPSA) is 60.9 Å². The second-order valence-electron chi connectivity index (χ2n) is 4.62. The van der Waals surface area contributed by atoms with Gasteiger partial charge in [0, 0.05) is 11.5 Å². The molecule has 1 saturated carbocycles. The highest BCUT2D eigenvalue weighted by molar-refractivity contribution is 9.10. The van der Waals surface area contributed by atoms with Gasteiger partial charge in [-0.15, -0.1) is 0 Å². The quantitative estimate of drug-likeness (QED) is 0.870. The van der Waals surface area contributed by atoms with Crippen molar-refractivity contribution in [1.29, 1.82) is 0 Å². The second kappa shape index (κ2) is 3.40. The fourth-order valence-corrected chi connectivity index (χ4v) is 2.40. The number of benzene rings is 1. The van der Waals surface area contributed by atoms with Gasteiger partial charge in [-0.3, -0.25) is 9.36 Å². The van der Waals surface area contributed by atoms with Crippen molar-refractivity contribution in [3.63, 3.8) is 0 Å². The zero-order valence-electron chi connectivity index (χ0n) is 9.40. The molecule has 5 heteroatoms. The number of aromatic nitrogens is 2. The summed E-state index contributed by atoms with van der Waals surface area (Å²) in [5.41, 5.74) is 6.40. The summed E-state index contributed by atoms with van der Waals surface area (Å²) in [4.78, 5) is 16.7. The minimum Gasteiger partial charge on any atom is -0.319 e. The van der Waals surface area contributed by atoms with E-state index in [1.807, 2.05) is 12.1 Å². The standard InChI is InChI=1S/C12H12BrN3O/c1-16-10(17)8-3-2-7(13)6-9(8)15-11(16)12(14)4-5-12/h2-3,6H,4-5,14H2,1H3. The van der Waals surface area contributed by atoms with E-state index >= 15 is 0 Å². The van der Waals surface area contributed by atoms with Crippen LogP contribution in [0.1, 0.15) is 18.7 Å². The number of nitrogens with zero attached hydrogens (tertiary/aromatic N) is 2. The van der Waals surface area contributed by atoms with Gasteiger partial charge in [-0.05, 0) is 31.0 Å². The summed E-state index contributed by atoms with van der Waals surface area (Å²) in [5.74, 6) is 0.688. The van der Waals surface area contributed by atoms with Crippen molar-refractivity contribution in [3.8, 4) is 0 Å². The molecule has 2 aromatic rings. The minimum atomic E-state index is -0.398. The second-order valence-corrected chi connectivity index (χ2v) is 5.53. The highest BCUT2D eigenvalue weighted by Gasteiger charge is 2.43. The van der Waals surface area contributed by atoms with Gasteiger partial charge in [0.25, 0.3) is 5.56 Å². The summed E-state index contributed by atoms with van der Waals surface area (Å²) in [7, 11) is 1.74. The van der Waals surface area contributed by atoms with Crippen LogP contribution in [0.2, 0.25) is 0 Å². The van der Waals surface area contributed by atoms with Crippen LogP contribution in [-0.4, -0.2) is 9.55 Å². The molecule has 0 spiro atoms. The minimum absolute atomic E-state index is 0.0331. The number of nitrogens with two attached hydrogens (primary N) is 1. The smallest absolute Gasteiger partial charge is 0.261 e. The first-order valence-electron chi connectivity index (χ1n) is 5.47. The molecule has 0 aliphatic heterocycles. The molecule has 1 heterocycles. The average Bonchev–Trinajstić information content (AvgIpc) is 3.02. The van der Waals surface area contributed by atoms with E-state index < -0.39 is 5.54 Å². The van der Waals surface area contributed by atoms with E-state index in [9.17, 15) is 4.79 Å². The lowest BCUT2D eigenvalue weighted by Gasteiger charge is -2.14. The van der Waals surface area contributed by atoms with Crippen molar-refractivity contribution in [2.24, 2.45) is 12.8 Å². The maximum atomic E-state index is 12.2. The van der Waals surface area contributed by atoms with Gasteiger partial charge < -0.3 is 5.73 Å². The third-order valence-corrected chi connectivity index (χ3v) is 3.77. The molecule has 1 fully saturated rings. The Morgan fingerprint density at radius 1 is 1.47 bits per heavy atom. The molecule has 17 heavy (non-hydrogen) atoms. The van der Waals surface area contributed by atoms with E-state index in [-0.39, 0.29) is 5.56 Å². The first kappa shape index (κ1) is 10.9. The Hall–Kier alpha value is -1.20. The molecular formula is C12H12BrN3O. The van der Waals surface area contributed by atoms with Gasteiger partial charge in [0.1, 0.15) is 5.82 Å². The third-order valence-electron chi connectivity index (χ3n) is 3.27. The summed E-state index contributed by atoms with van der Waals surface area (Å²) in [6, 6.07) is 5.49. The average molecular weight is 294 g/mol. The summed E-state index contributed by atoms with van der Waals surface area (Å²) in [6.45, 7) is 0. The third kappa shape index (κ3) is 1.61. The van der Waals surface area contributed by atoms with Gasteiger partial charge in [-0.25, -0.2) is 4.98 Å². The normalized spacial score (nSPS) is 17.4. The molecular weight excluding hydrogens is 282 g/mol. The predicted octanol–water partition coefficient (Wildman–Crippen LogP) is 1.64. The van der Waals surface area contributed by atoms with Crippen molar-refractivity contribution >= 4 is 26.8 Å². The largest absolute Gasteiger partial charge is 0.319 e. The van der Waals surface area contributed by atoms with Crippen LogP contribution >= 0.6 is 15.9 Å². The Kier molecular flexibility index (Phi) is 2.18. The first-order chi connectivity index (χ1) is 8.01. The zero-order valence-corrected chi connectivity index (χ0v) is 11.0. The molecule has 0 amide bonds. The summed E-state index contributed by atoms with van der Waals surface area (Å²) < 4.78 is 2.49. The number of rotatable bonds is 1. The molecule has 0 atom stereocenters. The highest BCUT2D eigenvalue weighted by atomic mass is 79.9. The number of fused-ring (bicyclic) bond motifs is 1. The van der Waals surface area contributed by atoms with Crippen molar-refractivity contribution in [2.75, 3.05) is 0 Å². The predicted molar refractivity (Wildman–Crippen MR) is 69.8 cm³/mol. The molecule has 4 nitrogen and oxygen atoms in total. The molecule has 2 N–H and O–H groups in total. The van der Waals surface area contributed by atoms with Crippen LogP contribution < -0.4 is 11.3 Å². The van der Waals surface area contributed by atoms with Crippen LogP contribution in [0, 0.1) is 0 Å². The fraction of sp³-hybridized carbons (Fsp3) is 0.333. The molecule has 1 aromatic heterocycles. The lowest BCUT2D eigenvalue weighted by atomic mass is 10.2. The van der Waals surface area contributed by atoms with Crippen LogP contribution in [0.3, 0.4) is 0 Å². The highest BCUT2D eigenvalue weighted by Crippen LogP contribution is 2.41. The Morgan fingerprint density at radius 3 is 2.82 bits per heavy atom. The van der Waals surface area contributed by atoms with Crippen molar-refractivity contribution in [1.82, 2.24) is 9.55 Å². The van der Waals surface area contributed by atoms with Crippen LogP contribution in [0.4, 0.5) is 0 Å². The zero-order chi connectivity index (χ0) is 12.2. The Labute approximate surface area is 107 Å². The van der Waals surface area contributed by atoms with Crippen LogP contribution in [0.25, 0.3) is 10.9 Å². The van der Waals surface area contributed by atoms with E-state index in [4.69, 9.17) is 5.73 Å². The lowest BCUT2D eigenvalue weighted by molar-refractivity contribution is 0.608. The summed E-state index contributed by atoms with van der Waals surface area (Å²) >= 11 is 3.39. The first-order valence-corrected chi connectivity index (χ1v) is 6.26. The summed E-state index contributed by atoms with van der Waals surface area (Å²) in [5, 5.41) is 0.628. The Morgan fingerprint density at radius 2 is 2.18 bits per heavy atom. The van der Waals surface area contributed by atoms with Gasteiger partial charge >= 0.3 is 0 Å². The van der Waals surface area contributed by atoms with Crippen molar-refractivity contribution in [2.45, 2.75) is 18.4 Å². The maximum Gasteiger partial charge on any atom is 0.261 e. The van der Waals surface area contributed by atoms with E-state index in [1.165, 1.54) is 0 Å². The van der Waals surface area contributed by atoms with Gasteiger partial charge in [0.2, 0.25) is 0 Å². The molecule has 88 valence electrons. The van der Waals surface area contributed by atoms with Gasteiger partial charge in [0.05, 0.1) is 16.4 Å². The number of hydrogen-bond acceptors (Lipinski definition) is 3. The van der Waals surface area contributed by atoms with Gasteiger partial charge in [-0.2, -0.15) is 0 Å². The molecule has 0 saturated heterocycles. The lowest BCUT2D eigenvalue weighted by Crippen LogP contribution is -2.32. The molecule has 0 unspecified atom stereocenters. The molecule has 1 aliphatic rings. The Bertz CT molecular complexity index is 673. The van der Waals surface area contributed by atoms with Crippen LogP contribution in [0.15, 0.2) is 27.5 Å². The van der Waals surface area contributed by atoms with E-state index in [0.29, 0.717) is 16.7 Å². The van der Waals surface area contributed by atoms with E-state index in [0.717, 1.165) is 17.3 Å². The summed E-state index contributed by atoms with van der Waals surface area (Å²) in [6.07, 6.45) is 1.79. The molecule has 0 radical (unpaired) electrons. The molecule has 1 aromatic carbocycles. The van der Waals surface area contributed by atoms with Crippen LogP contribution in [-0.2, 0) is 12.6 Å². The number of hydrogen-bond donors (Lipinski definition) is 1. The number of halogens is 1. The van der Waals surface area contributed by atoms with Crippen molar-refractivity contribution < 1.29 is 0 Å². The van der Waals surface area contributed by atoms with E-state index in [2.05, 4.69) is 20.9 Å². The molecule has 1 aliphatic carbocycles. The Balaban J connectivity index is 2.39. The maximum absolute atomic E-state index is 12.2. The SMILES string of the molecule is Cn1c(C2(N)CC2)nc2cc(Br)ccc2c1=O. The molecule has 3 rings (SSSR count). The monoisotopic (exact) mass is 293 g/mol. The van der Waals surface area contributed by atoms with Gasteiger partial charge in [0.15, 0.2) is 0 Å².